The molecular weight excluding hydrogens is 256 g/mol. The molecule has 0 saturated carbocycles. The fourth-order valence-electron chi connectivity index (χ4n) is 1.83. The number of thiazole rings is 1. The summed E-state index contributed by atoms with van der Waals surface area (Å²) in [7, 11) is 0. The van der Waals surface area contributed by atoms with Crippen molar-refractivity contribution in [3.05, 3.63) is 16.1 Å². The molecule has 1 N–H and O–H groups in total. The number of likely N-dealkylation sites (tertiary alicyclic amines) is 1. The predicted molar refractivity (Wildman–Crippen MR) is 63.0 cm³/mol. The number of aromatic nitrogens is 1. The highest BCUT2D eigenvalue weighted by molar-refractivity contribution is 7.11. The Labute approximate surface area is 107 Å². The first-order valence-electron chi connectivity index (χ1n) is 5.34. The van der Waals surface area contributed by atoms with Crippen molar-refractivity contribution in [2.24, 2.45) is 5.41 Å². The third kappa shape index (κ3) is 2.13. The van der Waals surface area contributed by atoms with Gasteiger partial charge in [0.25, 0.3) is 0 Å². The third-order valence-corrected chi connectivity index (χ3v) is 3.65. The van der Waals surface area contributed by atoms with Crippen LogP contribution in [-0.2, 0) is 16.1 Å². The summed E-state index contributed by atoms with van der Waals surface area (Å²) in [6, 6.07) is 0. The zero-order valence-electron chi connectivity index (χ0n) is 9.97. The van der Waals surface area contributed by atoms with Crippen molar-refractivity contribution in [2.45, 2.75) is 26.8 Å². The Hall–Kier alpha value is -1.76. The van der Waals surface area contributed by atoms with Gasteiger partial charge in [-0.15, -0.1) is 11.3 Å². The molecule has 2 rings (SSSR count). The average Bonchev–Trinajstić information content (AvgIpc) is 2.78. The lowest BCUT2D eigenvalue weighted by Crippen LogP contribution is -2.32. The van der Waals surface area contributed by atoms with Crippen molar-refractivity contribution in [3.8, 4) is 0 Å². The molecule has 1 aromatic rings. The second-order valence-electron chi connectivity index (χ2n) is 4.79. The van der Waals surface area contributed by atoms with E-state index in [1.165, 1.54) is 0 Å². The molecule has 1 fully saturated rings. The summed E-state index contributed by atoms with van der Waals surface area (Å²) >= 11 is 0.983. The molecule has 0 unspecified atom stereocenters. The van der Waals surface area contributed by atoms with E-state index in [4.69, 9.17) is 5.11 Å². The van der Waals surface area contributed by atoms with Crippen molar-refractivity contribution in [1.82, 2.24) is 9.88 Å². The molecule has 1 aliphatic heterocycles. The van der Waals surface area contributed by atoms with Crippen LogP contribution in [0.5, 0.6) is 0 Å². The van der Waals surface area contributed by atoms with Gasteiger partial charge in [0.1, 0.15) is 0 Å². The number of amides is 2. The third-order valence-electron chi connectivity index (χ3n) is 2.77. The monoisotopic (exact) mass is 268 g/mol. The van der Waals surface area contributed by atoms with Crippen LogP contribution in [0.1, 0.15) is 35.8 Å². The molecule has 6 nitrogen and oxygen atoms in total. The van der Waals surface area contributed by atoms with Crippen molar-refractivity contribution >= 4 is 29.1 Å². The van der Waals surface area contributed by atoms with Crippen LogP contribution in [0.2, 0.25) is 0 Å². The molecule has 0 aliphatic carbocycles. The quantitative estimate of drug-likeness (QED) is 0.830. The number of rotatable bonds is 3. The Morgan fingerprint density at radius 3 is 2.67 bits per heavy atom. The van der Waals surface area contributed by atoms with Gasteiger partial charge in [0.15, 0.2) is 0 Å². The van der Waals surface area contributed by atoms with Crippen LogP contribution >= 0.6 is 11.3 Å². The first kappa shape index (κ1) is 12.7. The van der Waals surface area contributed by atoms with Gasteiger partial charge in [-0.25, -0.2) is 9.78 Å². The Balaban J connectivity index is 2.16. The van der Waals surface area contributed by atoms with E-state index in [1.54, 1.807) is 19.2 Å². The van der Waals surface area contributed by atoms with E-state index >= 15 is 0 Å². The summed E-state index contributed by atoms with van der Waals surface area (Å²) < 4.78 is 0. The Morgan fingerprint density at radius 2 is 2.22 bits per heavy atom. The van der Waals surface area contributed by atoms with Crippen molar-refractivity contribution < 1.29 is 19.5 Å². The molecule has 1 aromatic heterocycles. The zero-order chi connectivity index (χ0) is 13.5. The molecule has 2 amide bonds. The molecule has 1 aliphatic rings. The van der Waals surface area contributed by atoms with E-state index in [-0.39, 0.29) is 29.8 Å². The second kappa shape index (κ2) is 4.16. The highest BCUT2D eigenvalue weighted by atomic mass is 32.1. The summed E-state index contributed by atoms with van der Waals surface area (Å²) in [5.74, 6) is -1.59. The molecule has 1 saturated heterocycles. The Kier molecular flexibility index (Phi) is 2.94. The average molecular weight is 268 g/mol. The molecule has 0 bridgehead atoms. The van der Waals surface area contributed by atoms with Crippen LogP contribution in [0.4, 0.5) is 0 Å². The Morgan fingerprint density at radius 1 is 1.56 bits per heavy atom. The molecule has 0 aromatic carbocycles. The van der Waals surface area contributed by atoms with Gasteiger partial charge in [0, 0.05) is 11.8 Å². The number of hydrogen-bond donors (Lipinski definition) is 1. The normalized spacial score (nSPS) is 18.4. The maximum atomic E-state index is 11.9. The summed E-state index contributed by atoms with van der Waals surface area (Å²) in [5, 5.41) is 10.3. The number of carboxylic acid groups (broad SMARTS) is 1. The minimum atomic E-state index is -1.11. The van der Waals surface area contributed by atoms with Gasteiger partial charge < -0.3 is 5.11 Å². The van der Waals surface area contributed by atoms with Gasteiger partial charge in [0.05, 0.1) is 17.7 Å². The lowest BCUT2D eigenvalue weighted by molar-refractivity contribution is -0.141. The maximum absolute atomic E-state index is 11.9. The Bertz CT molecular complexity index is 535. The SMILES string of the molecule is CC1(C)CC(=O)N(Cc2csc(C(=O)O)n2)C1=O. The largest absolute Gasteiger partial charge is 0.476 e. The smallest absolute Gasteiger partial charge is 0.365 e. The molecule has 18 heavy (non-hydrogen) atoms. The van der Waals surface area contributed by atoms with Crippen LogP contribution in [0.25, 0.3) is 0 Å². The summed E-state index contributed by atoms with van der Waals surface area (Å²) in [6.45, 7) is 3.48. The molecule has 0 atom stereocenters. The van der Waals surface area contributed by atoms with Gasteiger partial charge in [-0.2, -0.15) is 0 Å². The van der Waals surface area contributed by atoms with E-state index < -0.39 is 11.4 Å². The number of carbonyl (C=O) groups excluding carboxylic acids is 2. The second-order valence-corrected chi connectivity index (χ2v) is 5.65. The van der Waals surface area contributed by atoms with Crippen molar-refractivity contribution in [2.75, 3.05) is 0 Å². The van der Waals surface area contributed by atoms with Gasteiger partial charge in [-0.05, 0) is 0 Å². The van der Waals surface area contributed by atoms with Gasteiger partial charge >= 0.3 is 5.97 Å². The number of nitrogens with zero attached hydrogens (tertiary/aromatic N) is 2. The topological polar surface area (TPSA) is 87.6 Å². The standard InChI is InChI=1S/C11H12N2O4S/c1-11(2)3-7(14)13(10(11)17)4-6-5-18-8(12-6)9(15)16/h5H,3-4H2,1-2H3,(H,15,16). The molecule has 0 radical (unpaired) electrons. The predicted octanol–water partition coefficient (Wildman–Crippen LogP) is 1.13. The van der Waals surface area contributed by atoms with Crippen LogP contribution in [0.15, 0.2) is 5.38 Å². The minimum absolute atomic E-state index is 0.0386. The lowest BCUT2D eigenvalue weighted by atomic mass is 9.92. The fourth-order valence-corrected chi connectivity index (χ4v) is 2.47. The first-order valence-corrected chi connectivity index (χ1v) is 6.22. The van der Waals surface area contributed by atoms with E-state index in [2.05, 4.69) is 4.98 Å². The van der Waals surface area contributed by atoms with Gasteiger partial charge in [-0.3, -0.25) is 14.5 Å². The van der Waals surface area contributed by atoms with Crippen LogP contribution in [-0.4, -0.2) is 32.8 Å². The maximum Gasteiger partial charge on any atom is 0.365 e. The number of carboxylic acids is 1. The number of hydrogen-bond acceptors (Lipinski definition) is 5. The summed E-state index contributed by atoms with van der Waals surface area (Å²) in [6.07, 6.45) is 0.182. The fraction of sp³-hybridized carbons (Fsp3) is 0.455. The van der Waals surface area contributed by atoms with Crippen molar-refractivity contribution in [1.29, 1.82) is 0 Å². The number of aromatic carboxylic acids is 1. The molecule has 96 valence electrons. The highest BCUT2D eigenvalue weighted by Gasteiger charge is 2.44. The van der Waals surface area contributed by atoms with Gasteiger partial charge in [0.2, 0.25) is 16.8 Å². The first-order chi connectivity index (χ1) is 8.31. The van der Waals surface area contributed by atoms with Gasteiger partial charge in [-0.1, -0.05) is 13.8 Å². The molecular formula is C11H12N2O4S. The van der Waals surface area contributed by atoms with E-state index in [0.29, 0.717) is 5.69 Å². The summed E-state index contributed by atoms with van der Waals surface area (Å²) in [4.78, 5) is 39.3. The summed E-state index contributed by atoms with van der Waals surface area (Å²) in [5.41, 5.74) is -0.250. The van der Waals surface area contributed by atoms with Crippen LogP contribution in [0.3, 0.4) is 0 Å². The minimum Gasteiger partial charge on any atom is -0.476 e. The molecule has 7 heteroatoms. The number of carbonyl (C=O) groups is 3. The van der Waals surface area contributed by atoms with Crippen LogP contribution in [0, 0.1) is 5.41 Å². The molecule has 2 heterocycles. The molecule has 0 spiro atoms. The van der Waals surface area contributed by atoms with E-state index in [1.807, 2.05) is 0 Å². The van der Waals surface area contributed by atoms with E-state index in [0.717, 1.165) is 16.2 Å². The van der Waals surface area contributed by atoms with Crippen LogP contribution < -0.4 is 0 Å². The lowest BCUT2D eigenvalue weighted by Gasteiger charge is -2.16. The number of imide groups is 1. The van der Waals surface area contributed by atoms with Crippen molar-refractivity contribution in [3.63, 3.8) is 0 Å². The zero-order valence-corrected chi connectivity index (χ0v) is 10.8. The highest BCUT2D eigenvalue weighted by Crippen LogP contribution is 2.32. The van der Waals surface area contributed by atoms with E-state index in [9.17, 15) is 14.4 Å².